The highest BCUT2D eigenvalue weighted by Crippen LogP contribution is 2.36. The van der Waals surface area contributed by atoms with Gasteiger partial charge in [-0.05, 0) is 17.5 Å². The Morgan fingerprint density at radius 3 is 1.65 bits per heavy atom. The molecule has 0 saturated carbocycles. The largest absolute Gasteiger partial charge is 0.468 e. The topological polar surface area (TPSA) is 26.3 Å². The molecule has 2 rings (SSSR count). The molecule has 0 aliphatic rings. The molecular formula is C17H19ClO2. The summed E-state index contributed by atoms with van der Waals surface area (Å²) in [5.74, 6) is -0.215. The minimum Gasteiger partial charge on any atom is -0.468 e. The van der Waals surface area contributed by atoms with E-state index < -0.39 is 5.41 Å². The van der Waals surface area contributed by atoms with Gasteiger partial charge in [0.1, 0.15) is 5.41 Å². The van der Waals surface area contributed by atoms with Crippen LogP contribution in [0.5, 0.6) is 0 Å². The predicted molar refractivity (Wildman–Crippen MR) is 83.2 cm³/mol. The number of carbonyl (C=O) groups excluding carboxylic acids is 1. The predicted octanol–water partition coefficient (Wildman–Crippen LogP) is 3.98. The van der Waals surface area contributed by atoms with Gasteiger partial charge in [0, 0.05) is 0 Å². The molecule has 2 aromatic carbocycles. The van der Waals surface area contributed by atoms with Gasteiger partial charge in [-0.1, -0.05) is 67.6 Å². The van der Waals surface area contributed by atoms with Gasteiger partial charge in [-0.15, -0.1) is 12.4 Å². The summed E-state index contributed by atoms with van der Waals surface area (Å²) in [6.07, 6.45) is 0.660. The molecule has 3 heteroatoms. The van der Waals surface area contributed by atoms with Crippen molar-refractivity contribution in [1.29, 1.82) is 0 Å². The Morgan fingerprint density at radius 1 is 0.950 bits per heavy atom. The fraction of sp³-hybridized carbons (Fsp3) is 0.235. The van der Waals surface area contributed by atoms with Gasteiger partial charge in [0.2, 0.25) is 0 Å². The normalized spacial score (nSPS) is 10.5. The van der Waals surface area contributed by atoms with E-state index in [-0.39, 0.29) is 18.4 Å². The quantitative estimate of drug-likeness (QED) is 0.796. The van der Waals surface area contributed by atoms with Crippen molar-refractivity contribution in [2.75, 3.05) is 7.11 Å². The maximum Gasteiger partial charge on any atom is 0.320 e. The van der Waals surface area contributed by atoms with E-state index in [0.29, 0.717) is 6.42 Å². The van der Waals surface area contributed by atoms with Crippen molar-refractivity contribution in [1.82, 2.24) is 0 Å². The second-order valence-electron chi connectivity index (χ2n) is 4.48. The van der Waals surface area contributed by atoms with Crippen LogP contribution in [0.4, 0.5) is 0 Å². The second kappa shape index (κ2) is 7.11. The number of halogens is 1. The van der Waals surface area contributed by atoms with Gasteiger partial charge in [0.05, 0.1) is 7.11 Å². The second-order valence-corrected chi connectivity index (χ2v) is 4.48. The van der Waals surface area contributed by atoms with E-state index in [1.807, 2.05) is 67.6 Å². The van der Waals surface area contributed by atoms with E-state index in [9.17, 15) is 4.79 Å². The van der Waals surface area contributed by atoms with Crippen molar-refractivity contribution < 1.29 is 9.53 Å². The van der Waals surface area contributed by atoms with E-state index in [1.165, 1.54) is 7.11 Å². The van der Waals surface area contributed by atoms with Crippen molar-refractivity contribution in [3.8, 4) is 0 Å². The molecule has 0 radical (unpaired) electrons. The molecule has 0 saturated heterocycles. The maximum absolute atomic E-state index is 12.4. The van der Waals surface area contributed by atoms with Gasteiger partial charge < -0.3 is 4.74 Å². The Balaban J connectivity index is 0.00000200. The fourth-order valence-corrected chi connectivity index (χ4v) is 2.57. The lowest BCUT2D eigenvalue weighted by molar-refractivity contribution is -0.146. The molecule has 0 aromatic heterocycles. The first-order valence-electron chi connectivity index (χ1n) is 6.45. The van der Waals surface area contributed by atoms with E-state index in [4.69, 9.17) is 4.74 Å². The molecule has 2 aromatic rings. The summed E-state index contributed by atoms with van der Waals surface area (Å²) in [6, 6.07) is 19.6. The van der Waals surface area contributed by atoms with Crippen molar-refractivity contribution in [3.63, 3.8) is 0 Å². The third-order valence-electron chi connectivity index (χ3n) is 3.60. The Labute approximate surface area is 126 Å². The summed E-state index contributed by atoms with van der Waals surface area (Å²) in [6.45, 7) is 2.01. The summed E-state index contributed by atoms with van der Waals surface area (Å²) in [4.78, 5) is 12.4. The highest BCUT2D eigenvalue weighted by Gasteiger charge is 2.41. The Bertz CT molecular complexity index is 498. The van der Waals surface area contributed by atoms with Gasteiger partial charge in [0.25, 0.3) is 0 Å². The Kier molecular flexibility index (Phi) is 5.78. The van der Waals surface area contributed by atoms with Crippen LogP contribution in [-0.2, 0) is 14.9 Å². The third-order valence-corrected chi connectivity index (χ3v) is 3.60. The Hall–Kier alpha value is -1.80. The minimum absolute atomic E-state index is 0. The van der Waals surface area contributed by atoms with Crippen molar-refractivity contribution in [2.24, 2.45) is 0 Å². The van der Waals surface area contributed by atoms with Gasteiger partial charge >= 0.3 is 5.97 Å². The van der Waals surface area contributed by atoms with Gasteiger partial charge in [-0.25, -0.2) is 0 Å². The molecule has 0 aliphatic carbocycles. The highest BCUT2D eigenvalue weighted by atomic mass is 35.5. The molecule has 0 amide bonds. The molecule has 0 unspecified atom stereocenters. The molecule has 0 fully saturated rings. The lowest BCUT2D eigenvalue weighted by Gasteiger charge is -2.31. The molecule has 0 bridgehead atoms. The maximum atomic E-state index is 12.4. The number of methoxy groups -OCH3 is 1. The zero-order valence-electron chi connectivity index (χ0n) is 11.7. The number of carbonyl (C=O) groups is 1. The van der Waals surface area contributed by atoms with Crippen LogP contribution in [-0.4, -0.2) is 13.1 Å². The first-order chi connectivity index (χ1) is 9.25. The number of benzene rings is 2. The van der Waals surface area contributed by atoms with E-state index >= 15 is 0 Å². The lowest BCUT2D eigenvalue weighted by atomic mass is 9.72. The van der Waals surface area contributed by atoms with Crippen molar-refractivity contribution in [3.05, 3.63) is 71.8 Å². The highest BCUT2D eigenvalue weighted by molar-refractivity contribution is 5.87. The molecular weight excluding hydrogens is 272 g/mol. The molecule has 106 valence electrons. The average Bonchev–Trinajstić information content (AvgIpc) is 2.50. The minimum atomic E-state index is -0.725. The number of hydrogen-bond acceptors (Lipinski definition) is 2. The average molecular weight is 291 g/mol. The fourth-order valence-electron chi connectivity index (χ4n) is 2.57. The zero-order chi connectivity index (χ0) is 13.7. The summed E-state index contributed by atoms with van der Waals surface area (Å²) in [7, 11) is 1.44. The summed E-state index contributed by atoms with van der Waals surface area (Å²) in [5, 5.41) is 0. The number of esters is 1. The van der Waals surface area contributed by atoms with Crippen LogP contribution in [0.2, 0.25) is 0 Å². The van der Waals surface area contributed by atoms with Gasteiger partial charge in [0.15, 0.2) is 0 Å². The zero-order valence-corrected chi connectivity index (χ0v) is 12.5. The first kappa shape index (κ1) is 16.3. The molecule has 0 aliphatic heterocycles. The van der Waals surface area contributed by atoms with Crippen molar-refractivity contribution >= 4 is 18.4 Å². The summed E-state index contributed by atoms with van der Waals surface area (Å²) < 4.78 is 5.08. The molecule has 0 spiro atoms. The smallest absolute Gasteiger partial charge is 0.320 e. The van der Waals surface area contributed by atoms with E-state index in [2.05, 4.69) is 0 Å². The lowest BCUT2D eigenvalue weighted by Crippen LogP contribution is -2.37. The van der Waals surface area contributed by atoms with Crippen LogP contribution >= 0.6 is 12.4 Å². The van der Waals surface area contributed by atoms with E-state index in [0.717, 1.165) is 11.1 Å². The third kappa shape index (κ3) is 2.70. The molecule has 0 N–H and O–H groups in total. The molecule has 20 heavy (non-hydrogen) atoms. The van der Waals surface area contributed by atoms with Crippen LogP contribution in [0.1, 0.15) is 24.5 Å². The first-order valence-corrected chi connectivity index (χ1v) is 6.45. The molecule has 0 atom stereocenters. The number of hydrogen-bond donors (Lipinski definition) is 0. The van der Waals surface area contributed by atoms with Crippen LogP contribution in [0.3, 0.4) is 0 Å². The Morgan fingerprint density at radius 2 is 1.35 bits per heavy atom. The van der Waals surface area contributed by atoms with Gasteiger partial charge in [-0.3, -0.25) is 4.79 Å². The van der Waals surface area contributed by atoms with Crippen LogP contribution in [0.15, 0.2) is 60.7 Å². The molecule has 0 heterocycles. The monoisotopic (exact) mass is 290 g/mol. The van der Waals surface area contributed by atoms with Crippen LogP contribution in [0, 0.1) is 0 Å². The summed E-state index contributed by atoms with van der Waals surface area (Å²) in [5.41, 5.74) is 1.21. The molecule has 2 nitrogen and oxygen atoms in total. The summed E-state index contributed by atoms with van der Waals surface area (Å²) >= 11 is 0. The van der Waals surface area contributed by atoms with Gasteiger partial charge in [-0.2, -0.15) is 0 Å². The number of rotatable bonds is 4. The number of ether oxygens (including phenoxy) is 1. The van der Waals surface area contributed by atoms with Crippen LogP contribution < -0.4 is 0 Å². The van der Waals surface area contributed by atoms with Crippen molar-refractivity contribution in [2.45, 2.75) is 18.8 Å². The standard InChI is InChI=1S/C17H18O2.ClH/c1-3-17(16(18)19-2,14-10-6-4-7-11-14)15-12-8-5-9-13-15;/h4-13H,3H2,1-2H3;1H. The van der Waals surface area contributed by atoms with Crippen LogP contribution in [0.25, 0.3) is 0 Å². The SMILES string of the molecule is CCC(C(=O)OC)(c1ccccc1)c1ccccc1.Cl. The van der Waals surface area contributed by atoms with E-state index in [1.54, 1.807) is 0 Å².